The van der Waals surface area contributed by atoms with E-state index < -0.39 is 0 Å². The van der Waals surface area contributed by atoms with Crippen molar-refractivity contribution in [3.8, 4) is 0 Å². The summed E-state index contributed by atoms with van der Waals surface area (Å²) in [6.45, 7) is 4.66. The molecule has 1 aromatic carbocycles. The molecule has 2 aromatic rings. The summed E-state index contributed by atoms with van der Waals surface area (Å²) in [6.07, 6.45) is 2.20. The van der Waals surface area contributed by atoms with Gasteiger partial charge in [-0.2, -0.15) is 5.10 Å². The van der Waals surface area contributed by atoms with Gasteiger partial charge in [-0.3, -0.25) is 9.89 Å². The van der Waals surface area contributed by atoms with E-state index >= 15 is 0 Å². The van der Waals surface area contributed by atoms with Crippen LogP contribution in [0.1, 0.15) is 40.2 Å². The van der Waals surface area contributed by atoms with Crippen LogP contribution in [0.4, 0.5) is 0 Å². The average Bonchev–Trinajstić information content (AvgIpc) is 3.18. The van der Waals surface area contributed by atoms with Crippen molar-refractivity contribution < 1.29 is 4.79 Å². The number of carbonyl (C=O) groups excluding carboxylic acids is 1. The van der Waals surface area contributed by atoms with Gasteiger partial charge < -0.3 is 4.90 Å². The molecule has 1 saturated carbocycles. The molecule has 1 aromatic heterocycles. The minimum Gasteiger partial charge on any atom is -0.330 e. The smallest absolute Gasteiger partial charge is 0.274 e. The number of hydrogen-bond acceptors (Lipinski definition) is 2. The molecule has 20 heavy (non-hydrogen) atoms. The Labute approximate surface area is 118 Å². The molecule has 1 aliphatic rings. The van der Waals surface area contributed by atoms with Crippen LogP contribution in [0.3, 0.4) is 0 Å². The third kappa shape index (κ3) is 2.59. The third-order valence-corrected chi connectivity index (χ3v) is 3.78. The molecule has 0 saturated heterocycles. The number of hydrogen-bond donors (Lipinski definition) is 1. The van der Waals surface area contributed by atoms with Crippen molar-refractivity contribution in [3.05, 3.63) is 52.8 Å². The van der Waals surface area contributed by atoms with Crippen LogP contribution >= 0.6 is 0 Å². The summed E-state index contributed by atoms with van der Waals surface area (Å²) < 4.78 is 0. The molecule has 0 bridgehead atoms. The highest BCUT2D eigenvalue weighted by atomic mass is 16.2. The zero-order valence-electron chi connectivity index (χ0n) is 11.9. The van der Waals surface area contributed by atoms with Crippen LogP contribution in [0.2, 0.25) is 0 Å². The molecule has 0 unspecified atom stereocenters. The number of nitrogens with one attached hydrogen (secondary N) is 1. The Morgan fingerprint density at radius 3 is 2.70 bits per heavy atom. The highest BCUT2D eigenvalue weighted by Crippen LogP contribution is 2.30. The first-order chi connectivity index (χ1) is 9.65. The van der Waals surface area contributed by atoms with Gasteiger partial charge in [0.15, 0.2) is 0 Å². The SMILES string of the molecule is Cc1cc(C(=O)N(Cc2ccccc2C)C2CC2)n[nH]1. The Kier molecular flexibility index (Phi) is 3.30. The lowest BCUT2D eigenvalue weighted by Crippen LogP contribution is -2.33. The minimum atomic E-state index is 0.0279. The van der Waals surface area contributed by atoms with Crippen molar-refractivity contribution in [1.82, 2.24) is 15.1 Å². The number of carbonyl (C=O) groups is 1. The second-order valence-corrected chi connectivity index (χ2v) is 5.53. The van der Waals surface area contributed by atoms with E-state index in [-0.39, 0.29) is 5.91 Å². The van der Waals surface area contributed by atoms with E-state index in [0.717, 1.165) is 18.5 Å². The van der Waals surface area contributed by atoms with Crippen LogP contribution < -0.4 is 0 Å². The Morgan fingerprint density at radius 1 is 1.35 bits per heavy atom. The Bertz CT molecular complexity index is 628. The largest absolute Gasteiger partial charge is 0.330 e. The second-order valence-electron chi connectivity index (χ2n) is 5.53. The summed E-state index contributed by atoms with van der Waals surface area (Å²) in [5, 5.41) is 6.94. The Hall–Kier alpha value is -2.10. The summed E-state index contributed by atoms with van der Waals surface area (Å²) in [5.74, 6) is 0.0279. The fourth-order valence-electron chi connectivity index (χ4n) is 2.40. The van der Waals surface area contributed by atoms with Crippen molar-refractivity contribution in [2.24, 2.45) is 0 Å². The van der Waals surface area contributed by atoms with E-state index in [1.54, 1.807) is 0 Å². The van der Waals surface area contributed by atoms with Crippen molar-refractivity contribution in [3.63, 3.8) is 0 Å². The summed E-state index contributed by atoms with van der Waals surface area (Å²) in [7, 11) is 0. The number of aromatic nitrogens is 2. The lowest BCUT2D eigenvalue weighted by molar-refractivity contribution is 0.0723. The van der Waals surface area contributed by atoms with Crippen LogP contribution in [-0.2, 0) is 6.54 Å². The molecule has 1 amide bonds. The number of amides is 1. The minimum absolute atomic E-state index is 0.0279. The molecule has 1 fully saturated rings. The van der Waals surface area contributed by atoms with Crippen molar-refractivity contribution in [1.29, 1.82) is 0 Å². The maximum atomic E-state index is 12.6. The first kappa shape index (κ1) is 12.9. The standard InChI is InChI=1S/C16H19N3O/c1-11-5-3-4-6-13(11)10-19(14-7-8-14)16(20)15-9-12(2)17-18-15/h3-6,9,14H,7-8,10H2,1-2H3,(H,17,18). The molecule has 4 nitrogen and oxygen atoms in total. The van der Waals surface area contributed by atoms with E-state index in [1.165, 1.54) is 11.1 Å². The van der Waals surface area contributed by atoms with Gasteiger partial charge in [-0.05, 0) is 43.9 Å². The number of aromatic amines is 1. The number of H-pyrrole nitrogens is 1. The summed E-state index contributed by atoms with van der Waals surface area (Å²) in [5.41, 5.74) is 3.87. The number of aryl methyl sites for hydroxylation is 2. The molecule has 0 aliphatic heterocycles. The molecule has 1 N–H and O–H groups in total. The van der Waals surface area contributed by atoms with Crippen LogP contribution in [0.5, 0.6) is 0 Å². The van der Waals surface area contributed by atoms with E-state index in [4.69, 9.17) is 0 Å². The Morgan fingerprint density at radius 2 is 2.10 bits per heavy atom. The highest BCUT2D eigenvalue weighted by Gasteiger charge is 2.34. The molecule has 0 spiro atoms. The first-order valence-corrected chi connectivity index (χ1v) is 7.02. The number of benzene rings is 1. The average molecular weight is 269 g/mol. The predicted octanol–water partition coefficient (Wildman–Crippen LogP) is 2.83. The van der Waals surface area contributed by atoms with Gasteiger partial charge in [-0.25, -0.2) is 0 Å². The van der Waals surface area contributed by atoms with Crippen LogP contribution in [0, 0.1) is 13.8 Å². The molecule has 104 valence electrons. The first-order valence-electron chi connectivity index (χ1n) is 7.02. The molecule has 4 heteroatoms. The molecular weight excluding hydrogens is 250 g/mol. The maximum Gasteiger partial charge on any atom is 0.274 e. The molecule has 0 radical (unpaired) electrons. The van der Waals surface area contributed by atoms with Gasteiger partial charge in [0, 0.05) is 18.3 Å². The van der Waals surface area contributed by atoms with Crippen molar-refractivity contribution >= 4 is 5.91 Å². The van der Waals surface area contributed by atoms with Gasteiger partial charge in [0.05, 0.1) is 0 Å². The number of nitrogens with zero attached hydrogens (tertiary/aromatic N) is 2. The van der Waals surface area contributed by atoms with Crippen molar-refractivity contribution in [2.45, 2.75) is 39.3 Å². The zero-order valence-corrected chi connectivity index (χ0v) is 11.9. The molecule has 1 heterocycles. The molecule has 1 aliphatic carbocycles. The van der Waals surface area contributed by atoms with Crippen LogP contribution in [-0.4, -0.2) is 27.0 Å². The van der Waals surface area contributed by atoms with Crippen molar-refractivity contribution in [2.75, 3.05) is 0 Å². The molecule has 0 atom stereocenters. The fraction of sp³-hybridized carbons (Fsp3) is 0.375. The van der Waals surface area contributed by atoms with Gasteiger partial charge in [0.1, 0.15) is 5.69 Å². The number of rotatable bonds is 4. The summed E-state index contributed by atoms with van der Waals surface area (Å²) in [4.78, 5) is 14.6. The fourth-order valence-corrected chi connectivity index (χ4v) is 2.40. The highest BCUT2D eigenvalue weighted by molar-refractivity contribution is 5.92. The summed E-state index contributed by atoms with van der Waals surface area (Å²) >= 11 is 0. The van der Waals surface area contributed by atoms with Crippen LogP contribution in [0.15, 0.2) is 30.3 Å². The lowest BCUT2D eigenvalue weighted by atomic mass is 10.1. The lowest BCUT2D eigenvalue weighted by Gasteiger charge is -2.22. The van der Waals surface area contributed by atoms with Gasteiger partial charge in [0.2, 0.25) is 0 Å². The van der Waals surface area contributed by atoms with E-state index in [1.807, 2.05) is 30.0 Å². The predicted molar refractivity (Wildman–Crippen MR) is 77.4 cm³/mol. The normalized spacial score (nSPS) is 14.3. The van der Waals surface area contributed by atoms with E-state index in [2.05, 4.69) is 29.3 Å². The van der Waals surface area contributed by atoms with E-state index in [9.17, 15) is 4.79 Å². The quantitative estimate of drug-likeness (QED) is 0.927. The van der Waals surface area contributed by atoms with Gasteiger partial charge in [0.25, 0.3) is 5.91 Å². The molecular formula is C16H19N3O. The Balaban J connectivity index is 1.83. The third-order valence-electron chi connectivity index (χ3n) is 3.78. The summed E-state index contributed by atoms with van der Waals surface area (Å²) in [6, 6.07) is 10.4. The zero-order chi connectivity index (χ0) is 14.1. The topological polar surface area (TPSA) is 49.0 Å². The second kappa shape index (κ2) is 5.12. The van der Waals surface area contributed by atoms with Gasteiger partial charge in [-0.15, -0.1) is 0 Å². The van der Waals surface area contributed by atoms with Gasteiger partial charge in [-0.1, -0.05) is 24.3 Å². The monoisotopic (exact) mass is 269 g/mol. The van der Waals surface area contributed by atoms with Crippen LogP contribution in [0.25, 0.3) is 0 Å². The van der Waals surface area contributed by atoms with E-state index in [0.29, 0.717) is 18.3 Å². The molecule has 3 rings (SSSR count). The van der Waals surface area contributed by atoms with Gasteiger partial charge >= 0.3 is 0 Å². The maximum absolute atomic E-state index is 12.6.